The van der Waals surface area contributed by atoms with Gasteiger partial charge in [-0.2, -0.15) is 5.10 Å². The molecule has 36 heavy (non-hydrogen) atoms. The molecule has 4 rings (SSSR count). The monoisotopic (exact) mass is 492 g/mol. The predicted octanol–water partition coefficient (Wildman–Crippen LogP) is 3.22. The Kier molecular flexibility index (Phi) is 7.54. The molecule has 1 heterocycles. The van der Waals surface area contributed by atoms with Gasteiger partial charge in [0.15, 0.2) is 23.0 Å². The summed E-state index contributed by atoms with van der Waals surface area (Å²) in [7, 11) is 4.38. The highest BCUT2D eigenvalue weighted by atomic mass is 16.6. The minimum absolute atomic E-state index is 0.0569. The molecule has 0 radical (unpaired) electrons. The number of esters is 1. The van der Waals surface area contributed by atoms with Gasteiger partial charge in [-0.3, -0.25) is 4.79 Å². The van der Waals surface area contributed by atoms with E-state index in [2.05, 4.69) is 10.5 Å². The second kappa shape index (κ2) is 11.1. The number of methoxy groups -OCH3 is 3. The van der Waals surface area contributed by atoms with Crippen LogP contribution in [0.15, 0.2) is 65.8 Å². The van der Waals surface area contributed by atoms with Crippen LogP contribution in [-0.4, -0.2) is 52.1 Å². The zero-order valence-electron chi connectivity index (χ0n) is 19.8. The molecular weight excluding hydrogens is 468 g/mol. The Morgan fingerprint density at radius 2 is 1.58 bits per heavy atom. The summed E-state index contributed by atoms with van der Waals surface area (Å²) in [4.78, 5) is 25.3. The number of nitrogens with zero attached hydrogens (tertiary/aromatic N) is 1. The lowest BCUT2D eigenvalue weighted by molar-refractivity contribution is -0.130. The average Bonchev–Trinajstić information content (AvgIpc) is 2.92. The van der Waals surface area contributed by atoms with Gasteiger partial charge in [-0.1, -0.05) is 24.3 Å². The van der Waals surface area contributed by atoms with Crippen LogP contribution in [0.3, 0.4) is 0 Å². The Morgan fingerprint density at radius 1 is 0.917 bits per heavy atom. The summed E-state index contributed by atoms with van der Waals surface area (Å²) in [6.45, 7) is 0.0569. The van der Waals surface area contributed by atoms with E-state index in [0.717, 1.165) is 0 Å². The number of carbonyl (C=O) groups excluding carboxylic acids is 2. The quantitative estimate of drug-likeness (QED) is 0.221. The van der Waals surface area contributed by atoms with Crippen molar-refractivity contribution in [1.29, 1.82) is 0 Å². The van der Waals surface area contributed by atoms with Crippen molar-refractivity contribution in [3.63, 3.8) is 0 Å². The molecule has 0 saturated carbocycles. The summed E-state index contributed by atoms with van der Waals surface area (Å²) in [5.41, 5.74) is 3.08. The lowest BCUT2D eigenvalue weighted by Crippen LogP contribution is -2.42. The topological polar surface area (TPSA) is 114 Å². The summed E-state index contributed by atoms with van der Waals surface area (Å²) < 4.78 is 32.7. The minimum Gasteiger partial charge on any atom is -0.493 e. The van der Waals surface area contributed by atoms with Crippen molar-refractivity contribution < 1.29 is 38.0 Å². The molecule has 1 aliphatic heterocycles. The van der Waals surface area contributed by atoms with E-state index in [1.165, 1.54) is 39.7 Å². The molecule has 1 atom stereocenters. The third-order valence-electron chi connectivity index (χ3n) is 5.20. The summed E-state index contributed by atoms with van der Waals surface area (Å²) >= 11 is 0. The molecule has 1 aliphatic rings. The average molecular weight is 492 g/mol. The molecule has 1 unspecified atom stereocenters. The smallest absolute Gasteiger partial charge is 0.343 e. The first-order valence-corrected chi connectivity index (χ1v) is 10.9. The Hall–Kier alpha value is -4.73. The number of amides is 1. The van der Waals surface area contributed by atoms with Gasteiger partial charge in [-0.25, -0.2) is 10.2 Å². The summed E-state index contributed by atoms with van der Waals surface area (Å²) in [5.74, 6) is 1.16. The number of ether oxygens (including phenoxy) is 6. The van der Waals surface area contributed by atoms with Crippen LogP contribution in [0.2, 0.25) is 0 Å². The van der Waals surface area contributed by atoms with E-state index < -0.39 is 18.0 Å². The Bertz CT molecular complexity index is 1270. The molecule has 1 amide bonds. The van der Waals surface area contributed by atoms with Gasteiger partial charge in [-0.05, 0) is 36.4 Å². The maximum absolute atomic E-state index is 12.9. The Balaban J connectivity index is 1.44. The number of benzene rings is 3. The number of carbonyl (C=O) groups is 2. The van der Waals surface area contributed by atoms with E-state index in [4.69, 9.17) is 28.4 Å². The molecule has 0 aliphatic carbocycles. The first-order valence-electron chi connectivity index (χ1n) is 10.9. The van der Waals surface area contributed by atoms with Crippen LogP contribution < -0.4 is 33.8 Å². The van der Waals surface area contributed by atoms with Crippen molar-refractivity contribution >= 4 is 18.1 Å². The molecule has 10 nitrogen and oxygen atoms in total. The third-order valence-corrected chi connectivity index (χ3v) is 5.20. The molecule has 10 heteroatoms. The van der Waals surface area contributed by atoms with Crippen molar-refractivity contribution in [2.45, 2.75) is 6.10 Å². The number of hydrazone groups is 1. The molecule has 0 spiro atoms. The van der Waals surface area contributed by atoms with Gasteiger partial charge < -0.3 is 28.4 Å². The van der Waals surface area contributed by atoms with Crippen LogP contribution in [-0.2, 0) is 4.79 Å². The highest BCUT2D eigenvalue weighted by Gasteiger charge is 2.27. The zero-order valence-corrected chi connectivity index (χ0v) is 19.8. The molecule has 0 saturated heterocycles. The maximum Gasteiger partial charge on any atom is 0.343 e. The Labute approximate surface area is 207 Å². The van der Waals surface area contributed by atoms with Crippen molar-refractivity contribution in [2.75, 3.05) is 27.9 Å². The summed E-state index contributed by atoms with van der Waals surface area (Å²) in [5, 5.41) is 3.98. The van der Waals surface area contributed by atoms with Crippen molar-refractivity contribution in [3.05, 3.63) is 71.8 Å². The van der Waals surface area contributed by atoms with Crippen LogP contribution in [0.1, 0.15) is 15.9 Å². The van der Waals surface area contributed by atoms with Crippen LogP contribution in [0, 0.1) is 0 Å². The minimum atomic E-state index is -0.856. The maximum atomic E-state index is 12.9. The molecule has 0 fully saturated rings. The standard InChI is InChI=1S/C26H24N2O8/c1-31-21-12-17(13-22(32-2)24(21)33-3)26(30)36-18-9-5-4-8-16(18)14-27-28-25(29)23-15-34-19-10-6-7-11-20(19)35-23/h4-14,23H,15H2,1-3H3,(H,28,29)/b27-14+. The normalized spacial score (nSPS) is 14.1. The fraction of sp³-hybridized carbons (Fsp3) is 0.192. The van der Waals surface area contributed by atoms with Gasteiger partial charge in [-0.15, -0.1) is 0 Å². The molecule has 186 valence electrons. The van der Waals surface area contributed by atoms with E-state index in [9.17, 15) is 9.59 Å². The van der Waals surface area contributed by atoms with Gasteiger partial charge in [0.05, 0.1) is 33.1 Å². The van der Waals surface area contributed by atoms with Gasteiger partial charge in [0.1, 0.15) is 12.4 Å². The molecule has 3 aromatic carbocycles. The molecule has 1 N–H and O–H groups in total. The SMILES string of the molecule is COc1cc(C(=O)Oc2ccccc2/C=N/NC(=O)C2COc3ccccc3O2)cc(OC)c1OC. The van der Waals surface area contributed by atoms with Gasteiger partial charge in [0.25, 0.3) is 5.91 Å². The van der Waals surface area contributed by atoms with Crippen LogP contribution in [0.4, 0.5) is 0 Å². The molecular formula is C26H24N2O8. The largest absolute Gasteiger partial charge is 0.493 e. The van der Waals surface area contributed by atoms with E-state index in [1.807, 2.05) is 6.07 Å². The van der Waals surface area contributed by atoms with Gasteiger partial charge in [0, 0.05) is 5.56 Å². The Morgan fingerprint density at radius 3 is 2.28 bits per heavy atom. The summed E-state index contributed by atoms with van der Waals surface area (Å²) in [6.07, 6.45) is 0.512. The number of hydrogen-bond acceptors (Lipinski definition) is 9. The summed E-state index contributed by atoms with van der Waals surface area (Å²) in [6, 6.07) is 16.8. The van der Waals surface area contributed by atoms with E-state index in [-0.39, 0.29) is 17.9 Å². The van der Waals surface area contributed by atoms with Crippen molar-refractivity contribution in [1.82, 2.24) is 5.43 Å². The first-order chi connectivity index (χ1) is 17.5. The second-order valence-corrected chi connectivity index (χ2v) is 7.44. The number of hydrogen-bond donors (Lipinski definition) is 1. The third kappa shape index (κ3) is 5.33. The fourth-order valence-corrected chi connectivity index (χ4v) is 3.42. The highest BCUT2D eigenvalue weighted by Crippen LogP contribution is 2.38. The van der Waals surface area contributed by atoms with Crippen LogP contribution in [0.5, 0.6) is 34.5 Å². The van der Waals surface area contributed by atoms with Gasteiger partial charge in [0.2, 0.25) is 11.9 Å². The van der Waals surface area contributed by atoms with Gasteiger partial charge >= 0.3 is 5.97 Å². The number of nitrogens with one attached hydrogen (secondary N) is 1. The second-order valence-electron chi connectivity index (χ2n) is 7.44. The van der Waals surface area contributed by atoms with E-state index in [1.54, 1.807) is 42.5 Å². The van der Waals surface area contributed by atoms with E-state index >= 15 is 0 Å². The predicted molar refractivity (Wildman–Crippen MR) is 130 cm³/mol. The van der Waals surface area contributed by atoms with Crippen LogP contribution in [0.25, 0.3) is 0 Å². The number of fused-ring (bicyclic) bond motifs is 1. The first kappa shape index (κ1) is 24.4. The lowest BCUT2D eigenvalue weighted by atomic mass is 10.1. The fourth-order valence-electron chi connectivity index (χ4n) is 3.42. The van der Waals surface area contributed by atoms with Crippen molar-refractivity contribution in [3.8, 4) is 34.5 Å². The lowest BCUT2D eigenvalue weighted by Gasteiger charge is -2.24. The molecule has 3 aromatic rings. The van der Waals surface area contributed by atoms with Crippen LogP contribution >= 0.6 is 0 Å². The number of rotatable bonds is 8. The highest BCUT2D eigenvalue weighted by molar-refractivity contribution is 5.94. The van der Waals surface area contributed by atoms with E-state index in [0.29, 0.717) is 34.3 Å². The molecule has 0 bridgehead atoms. The van der Waals surface area contributed by atoms with Crippen molar-refractivity contribution in [2.24, 2.45) is 5.10 Å². The zero-order chi connectivity index (χ0) is 25.5. The number of para-hydroxylation sites is 3. The molecule has 0 aromatic heterocycles.